The third kappa shape index (κ3) is 6.74. The summed E-state index contributed by atoms with van der Waals surface area (Å²) in [6.07, 6.45) is 0. The molecule has 1 aromatic heterocycles. The van der Waals surface area contributed by atoms with Crippen molar-refractivity contribution in [2.45, 2.75) is 29.7 Å². The van der Waals surface area contributed by atoms with Crippen LogP contribution in [-0.4, -0.2) is 46.8 Å². The van der Waals surface area contributed by atoms with Gasteiger partial charge >= 0.3 is 5.91 Å². The van der Waals surface area contributed by atoms with Gasteiger partial charge in [-0.15, -0.1) is 10.2 Å². The molecular formula is C37H30FN3O7S2. The maximum absolute atomic E-state index is 14.3. The molecule has 0 saturated carbocycles. The Morgan fingerprint density at radius 1 is 0.940 bits per heavy atom. The number of aromatic nitrogens is 2. The second-order valence-corrected chi connectivity index (χ2v) is 13.4. The Morgan fingerprint density at radius 3 is 2.52 bits per heavy atom. The minimum Gasteiger partial charge on any atom is -0.507 e. The highest BCUT2D eigenvalue weighted by Crippen LogP contribution is 2.46. The minimum absolute atomic E-state index is 0.136. The molecule has 2 aliphatic rings. The Labute approximate surface area is 295 Å². The number of hydrogen-bond donors (Lipinski definition) is 1. The molecule has 13 heteroatoms. The van der Waals surface area contributed by atoms with E-state index >= 15 is 0 Å². The molecule has 7 rings (SSSR count). The Hall–Kier alpha value is -5.40. The number of amides is 1. The fraction of sp³-hybridized carbons (Fsp3) is 0.189. The van der Waals surface area contributed by atoms with Gasteiger partial charge in [-0.2, -0.15) is 0 Å². The summed E-state index contributed by atoms with van der Waals surface area (Å²) < 4.78 is 38.2. The number of carbonyl (C=O) groups excluding carboxylic acids is 2. The summed E-state index contributed by atoms with van der Waals surface area (Å²) in [4.78, 5) is 28.9. The van der Waals surface area contributed by atoms with E-state index in [9.17, 15) is 19.1 Å². The second kappa shape index (κ2) is 14.6. The number of Topliss-reactive ketones (excluding diaryl/α,β-unsaturated/α-hetero) is 1. The molecule has 1 amide bonds. The number of anilines is 1. The summed E-state index contributed by atoms with van der Waals surface area (Å²) in [5.74, 6) is -0.467. The number of hydrogen-bond acceptors (Lipinski definition) is 11. The molecule has 1 N–H and O–H groups in total. The zero-order chi connectivity index (χ0) is 34.6. The lowest BCUT2D eigenvalue weighted by Crippen LogP contribution is -2.29. The molecule has 0 aliphatic carbocycles. The lowest BCUT2D eigenvalue weighted by atomic mass is 9.95. The van der Waals surface area contributed by atoms with Crippen molar-refractivity contribution in [1.82, 2.24) is 10.2 Å². The Balaban J connectivity index is 1.28. The number of halogens is 1. The highest BCUT2D eigenvalue weighted by molar-refractivity contribution is 8.00. The molecule has 4 aromatic carbocycles. The predicted molar refractivity (Wildman–Crippen MR) is 186 cm³/mol. The van der Waals surface area contributed by atoms with E-state index in [-0.39, 0.29) is 27.8 Å². The van der Waals surface area contributed by atoms with Gasteiger partial charge in [0.25, 0.3) is 5.78 Å². The lowest BCUT2D eigenvalue weighted by molar-refractivity contribution is -0.132. The van der Waals surface area contributed by atoms with Crippen LogP contribution in [0.15, 0.2) is 101 Å². The number of aliphatic hydroxyl groups excluding tert-OH is 1. The van der Waals surface area contributed by atoms with Crippen LogP contribution in [0.3, 0.4) is 0 Å². The van der Waals surface area contributed by atoms with E-state index in [0.717, 1.165) is 16.9 Å². The number of benzene rings is 4. The molecule has 1 saturated heterocycles. The molecule has 1 fully saturated rings. The maximum atomic E-state index is 14.3. The van der Waals surface area contributed by atoms with E-state index in [1.807, 2.05) is 37.3 Å². The third-order valence-electron chi connectivity index (χ3n) is 7.99. The standard InChI is InChI=1S/C37H30FN3O7S2/c1-2-45-29-18-23(12-14-28(29)48-20-22-8-4-3-5-9-22)32-31(33(42)24-13-15-27-30(19-24)47-17-16-46-27)34(43)35(44)41(32)36-39-40-37(50-36)49-21-25-10-6-7-11-26(25)38/h3-15,18-19,32,42H,2,16-17,20-21H2,1H3/b33-31+. The largest absolute Gasteiger partial charge is 0.507 e. The molecule has 254 valence electrons. The molecule has 2 aliphatic heterocycles. The number of nitrogens with zero attached hydrogens (tertiary/aromatic N) is 3. The topological polar surface area (TPSA) is 120 Å². The van der Waals surface area contributed by atoms with Gasteiger partial charge in [0.1, 0.15) is 31.4 Å². The Morgan fingerprint density at radius 2 is 1.72 bits per heavy atom. The monoisotopic (exact) mass is 711 g/mol. The van der Waals surface area contributed by atoms with E-state index in [1.165, 1.54) is 22.7 Å². The lowest BCUT2D eigenvalue weighted by Gasteiger charge is -2.24. The van der Waals surface area contributed by atoms with Crippen molar-refractivity contribution < 1.29 is 38.0 Å². The van der Waals surface area contributed by atoms with Crippen LogP contribution >= 0.6 is 23.1 Å². The van der Waals surface area contributed by atoms with Crippen molar-refractivity contribution in [3.63, 3.8) is 0 Å². The van der Waals surface area contributed by atoms with Gasteiger partial charge < -0.3 is 24.1 Å². The predicted octanol–water partition coefficient (Wildman–Crippen LogP) is 7.34. The first-order valence-corrected chi connectivity index (χ1v) is 17.6. The second-order valence-electron chi connectivity index (χ2n) is 11.2. The van der Waals surface area contributed by atoms with E-state index in [0.29, 0.717) is 64.9 Å². The van der Waals surface area contributed by atoms with Gasteiger partial charge in [-0.05, 0) is 60.0 Å². The smallest absolute Gasteiger partial charge is 0.301 e. The molecule has 0 bridgehead atoms. The first-order chi connectivity index (χ1) is 24.4. The van der Waals surface area contributed by atoms with Gasteiger partial charge in [0.05, 0.1) is 18.2 Å². The summed E-state index contributed by atoms with van der Waals surface area (Å²) in [6.45, 7) is 3.17. The fourth-order valence-corrected chi connectivity index (χ4v) is 7.48. The van der Waals surface area contributed by atoms with Crippen LogP contribution in [0.25, 0.3) is 5.76 Å². The van der Waals surface area contributed by atoms with Crippen molar-refractivity contribution in [1.29, 1.82) is 0 Å². The molecule has 0 radical (unpaired) electrons. The number of fused-ring (bicyclic) bond motifs is 1. The van der Waals surface area contributed by atoms with Crippen LogP contribution < -0.4 is 23.8 Å². The molecule has 0 spiro atoms. The van der Waals surface area contributed by atoms with Crippen LogP contribution in [-0.2, 0) is 21.9 Å². The SMILES string of the molecule is CCOc1cc(C2/C(=C(\O)c3ccc4c(c3)OCCO4)C(=O)C(=O)N2c2nnc(SCc3ccccc3F)s2)ccc1OCc1ccccc1. The normalized spacial score (nSPS) is 16.4. The Bertz CT molecular complexity index is 2090. The average Bonchev–Trinajstić information content (AvgIpc) is 3.72. The maximum Gasteiger partial charge on any atom is 0.301 e. The van der Waals surface area contributed by atoms with Crippen LogP contribution in [0.5, 0.6) is 23.0 Å². The van der Waals surface area contributed by atoms with Gasteiger partial charge in [-0.25, -0.2) is 4.39 Å². The molecular weight excluding hydrogens is 682 g/mol. The van der Waals surface area contributed by atoms with Crippen molar-refractivity contribution in [3.8, 4) is 23.0 Å². The number of thioether (sulfide) groups is 1. The summed E-state index contributed by atoms with van der Waals surface area (Å²) in [5.41, 5.74) is 2.04. The number of ether oxygens (including phenoxy) is 4. The Kier molecular flexibility index (Phi) is 9.67. The molecule has 10 nitrogen and oxygen atoms in total. The van der Waals surface area contributed by atoms with Crippen LogP contribution in [0.1, 0.15) is 35.2 Å². The highest BCUT2D eigenvalue weighted by atomic mass is 32.2. The molecule has 1 unspecified atom stereocenters. The fourth-order valence-electron chi connectivity index (χ4n) is 5.62. The summed E-state index contributed by atoms with van der Waals surface area (Å²) >= 11 is 2.34. The van der Waals surface area contributed by atoms with Crippen LogP contribution in [0, 0.1) is 5.82 Å². The average molecular weight is 712 g/mol. The van der Waals surface area contributed by atoms with E-state index in [1.54, 1.807) is 54.6 Å². The highest BCUT2D eigenvalue weighted by Gasteiger charge is 2.48. The third-order valence-corrected chi connectivity index (χ3v) is 10.1. The summed E-state index contributed by atoms with van der Waals surface area (Å²) in [5, 5.41) is 20.4. The van der Waals surface area contributed by atoms with Gasteiger partial charge in [0.2, 0.25) is 5.13 Å². The van der Waals surface area contributed by atoms with Crippen molar-refractivity contribution in [2.24, 2.45) is 0 Å². The first kappa shape index (κ1) is 33.1. The van der Waals surface area contributed by atoms with Gasteiger partial charge in [-0.3, -0.25) is 14.5 Å². The first-order valence-electron chi connectivity index (χ1n) is 15.8. The van der Waals surface area contributed by atoms with Crippen LogP contribution in [0.4, 0.5) is 9.52 Å². The quantitative estimate of drug-likeness (QED) is 0.0490. The van der Waals surface area contributed by atoms with E-state index < -0.39 is 23.5 Å². The number of aliphatic hydroxyl groups is 1. The minimum atomic E-state index is -1.11. The summed E-state index contributed by atoms with van der Waals surface area (Å²) in [7, 11) is 0. The van der Waals surface area contributed by atoms with Crippen molar-refractivity contribution in [3.05, 3.63) is 125 Å². The van der Waals surface area contributed by atoms with Gasteiger partial charge in [0.15, 0.2) is 27.3 Å². The van der Waals surface area contributed by atoms with E-state index in [4.69, 9.17) is 18.9 Å². The zero-order valence-electron chi connectivity index (χ0n) is 26.7. The van der Waals surface area contributed by atoms with Crippen molar-refractivity contribution >= 4 is 45.7 Å². The number of rotatable bonds is 11. The van der Waals surface area contributed by atoms with Crippen LogP contribution in [0.2, 0.25) is 0 Å². The summed E-state index contributed by atoms with van der Waals surface area (Å²) in [6, 6.07) is 24.9. The van der Waals surface area contributed by atoms with Gasteiger partial charge in [-0.1, -0.05) is 77.7 Å². The van der Waals surface area contributed by atoms with Gasteiger partial charge in [0, 0.05) is 11.3 Å². The molecule has 1 atom stereocenters. The molecule has 3 heterocycles. The van der Waals surface area contributed by atoms with E-state index in [2.05, 4.69) is 10.2 Å². The number of ketones is 1. The van der Waals surface area contributed by atoms with Crippen molar-refractivity contribution in [2.75, 3.05) is 24.7 Å². The number of carbonyl (C=O) groups is 2. The molecule has 5 aromatic rings. The molecule has 50 heavy (non-hydrogen) atoms. The zero-order valence-corrected chi connectivity index (χ0v) is 28.3.